The lowest BCUT2D eigenvalue weighted by atomic mass is 9.75. The summed E-state index contributed by atoms with van der Waals surface area (Å²) < 4.78 is 5.64. The van der Waals surface area contributed by atoms with Crippen molar-refractivity contribution in [2.24, 2.45) is 17.8 Å². The number of esters is 1. The molecule has 0 radical (unpaired) electrons. The van der Waals surface area contributed by atoms with E-state index in [1.807, 2.05) is 6.92 Å². The molecular formula is C14H26O2. The highest BCUT2D eigenvalue weighted by Crippen LogP contribution is 2.35. The monoisotopic (exact) mass is 226 g/mol. The zero-order chi connectivity index (χ0) is 12.1. The standard InChI is InChI=1S/C14H26O2/c1-5-6-14(15)16-13-9-11(4)7-8-12(13)10(2)3/h10-13H,5-9H2,1-4H3. The van der Waals surface area contributed by atoms with Gasteiger partial charge in [0.2, 0.25) is 0 Å². The van der Waals surface area contributed by atoms with E-state index < -0.39 is 0 Å². The molecule has 16 heavy (non-hydrogen) atoms. The Balaban J connectivity index is 2.54. The Kier molecular flexibility index (Phi) is 5.30. The van der Waals surface area contributed by atoms with Crippen molar-refractivity contribution in [2.75, 3.05) is 0 Å². The predicted octanol–water partition coefficient (Wildman–Crippen LogP) is 3.79. The molecule has 94 valence electrons. The molecule has 0 aromatic rings. The van der Waals surface area contributed by atoms with Crippen LogP contribution >= 0.6 is 0 Å². The summed E-state index contributed by atoms with van der Waals surface area (Å²) in [6.07, 6.45) is 5.16. The summed E-state index contributed by atoms with van der Waals surface area (Å²) >= 11 is 0. The fourth-order valence-corrected chi connectivity index (χ4v) is 2.68. The largest absolute Gasteiger partial charge is 0.462 e. The van der Waals surface area contributed by atoms with Gasteiger partial charge < -0.3 is 4.74 Å². The summed E-state index contributed by atoms with van der Waals surface area (Å²) in [4.78, 5) is 11.6. The Morgan fingerprint density at radius 1 is 1.38 bits per heavy atom. The van der Waals surface area contributed by atoms with Crippen molar-refractivity contribution < 1.29 is 9.53 Å². The molecule has 0 saturated heterocycles. The average Bonchev–Trinajstić information content (AvgIpc) is 2.17. The Morgan fingerprint density at radius 2 is 2.06 bits per heavy atom. The van der Waals surface area contributed by atoms with Crippen LogP contribution < -0.4 is 0 Å². The quantitative estimate of drug-likeness (QED) is 0.682. The first-order valence-electron chi connectivity index (χ1n) is 6.74. The van der Waals surface area contributed by atoms with E-state index in [1.165, 1.54) is 12.8 Å². The van der Waals surface area contributed by atoms with Gasteiger partial charge in [-0.1, -0.05) is 34.1 Å². The minimum Gasteiger partial charge on any atom is -0.462 e. The van der Waals surface area contributed by atoms with Gasteiger partial charge in [-0.05, 0) is 37.0 Å². The normalized spacial score (nSPS) is 30.4. The Labute approximate surface area is 99.8 Å². The molecule has 2 heteroatoms. The molecule has 0 heterocycles. The first-order chi connectivity index (χ1) is 7.54. The van der Waals surface area contributed by atoms with Crippen LogP contribution in [0.1, 0.15) is 59.8 Å². The molecule has 0 spiro atoms. The maximum atomic E-state index is 11.6. The molecule has 1 aliphatic carbocycles. The van der Waals surface area contributed by atoms with Gasteiger partial charge in [-0.25, -0.2) is 0 Å². The lowest BCUT2D eigenvalue weighted by Gasteiger charge is -2.36. The maximum Gasteiger partial charge on any atom is 0.306 e. The van der Waals surface area contributed by atoms with Gasteiger partial charge in [-0.3, -0.25) is 4.79 Å². The molecule has 1 rings (SSSR count). The highest BCUT2D eigenvalue weighted by Gasteiger charge is 2.33. The lowest BCUT2D eigenvalue weighted by molar-refractivity contribution is -0.155. The highest BCUT2D eigenvalue weighted by molar-refractivity contribution is 5.69. The van der Waals surface area contributed by atoms with E-state index in [4.69, 9.17) is 4.74 Å². The SMILES string of the molecule is CCCC(=O)OC1CC(C)CCC1C(C)C. The zero-order valence-electron chi connectivity index (χ0n) is 11.2. The van der Waals surface area contributed by atoms with E-state index in [1.54, 1.807) is 0 Å². The van der Waals surface area contributed by atoms with Crippen molar-refractivity contribution in [1.29, 1.82) is 0 Å². The minimum absolute atomic E-state index is 0.00718. The van der Waals surface area contributed by atoms with Crippen molar-refractivity contribution >= 4 is 5.97 Å². The molecule has 3 unspecified atom stereocenters. The van der Waals surface area contributed by atoms with Gasteiger partial charge in [0.05, 0.1) is 0 Å². The van der Waals surface area contributed by atoms with Gasteiger partial charge in [0, 0.05) is 6.42 Å². The van der Waals surface area contributed by atoms with Crippen LogP contribution in [0, 0.1) is 17.8 Å². The van der Waals surface area contributed by atoms with E-state index in [0.717, 1.165) is 12.8 Å². The Hall–Kier alpha value is -0.530. The Morgan fingerprint density at radius 3 is 2.62 bits per heavy atom. The summed E-state index contributed by atoms with van der Waals surface area (Å²) in [5, 5.41) is 0. The van der Waals surface area contributed by atoms with Gasteiger partial charge in [0.15, 0.2) is 0 Å². The van der Waals surface area contributed by atoms with Crippen molar-refractivity contribution in [2.45, 2.75) is 65.9 Å². The molecule has 1 fully saturated rings. The first kappa shape index (κ1) is 13.5. The highest BCUT2D eigenvalue weighted by atomic mass is 16.5. The van der Waals surface area contributed by atoms with Gasteiger partial charge in [-0.15, -0.1) is 0 Å². The molecule has 2 nitrogen and oxygen atoms in total. The maximum absolute atomic E-state index is 11.6. The minimum atomic E-state index is -0.00718. The molecule has 1 saturated carbocycles. The van der Waals surface area contributed by atoms with Crippen LogP contribution in [-0.4, -0.2) is 12.1 Å². The van der Waals surface area contributed by atoms with Crippen LogP contribution in [-0.2, 0) is 9.53 Å². The van der Waals surface area contributed by atoms with Crippen molar-refractivity contribution in [1.82, 2.24) is 0 Å². The molecule has 0 aromatic carbocycles. The third-order valence-electron chi connectivity index (χ3n) is 3.70. The van der Waals surface area contributed by atoms with E-state index in [0.29, 0.717) is 24.2 Å². The number of hydrogen-bond acceptors (Lipinski definition) is 2. The zero-order valence-corrected chi connectivity index (χ0v) is 11.2. The smallest absolute Gasteiger partial charge is 0.306 e. The lowest BCUT2D eigenvalue weighted by Crippen LogP contribution is -2.35. The number of ether oxygens (including phenoxy) is 1. The Bertz CT molecular complexity index is 223. The molecular weight excluding hydrogens is 200 g/mol. The van der Waals surface area contributed by atoms with Crippen LogP contribution in [0.15, 0.2) is 0 Å². The third-order valence-corrected chi connectivity index (χ3v) is 3.70. The fourth-order valence-electron chi connectivity index (χ4n) is 2.68. The molecule has 0 aromatic heterocycles. The number of hydrogen-bond donors (Lipinski definition) is 0. The topological polar surface area (TPSA) is 26.3 Å². The summed E-state index contributed by atoms with van der Waals surface area (Å²) in [7, 11) is 0. The van der Waals surface area contributed by atoms with Crippen LogP contribution in [0.5, 0.6) is 0 Å². The number of rotatable bonds is 4. The van der Waals surface area contributed by atoms with Gasteiger partial charge >= 0.3 is 5.97 Å². The summed E-state index contributed by atoms with van der Waals surface area (Å²) in [6.45, 7) is 8.75. The summed E-state index contributed by atoms with van der Waals surface area (Å²) in [6, 6.07) is 0. The van der Waals surface area contributed by atoms with E-state index in [9.17, 15) is 4.79 Å². The summed E-state index contributed by atoms with van der Waals surface area (Å²) in [5.74, 6) is 1.88. The van der Waals surface area contributed by atoms with E-state index in [2.05, 4.69) is 20.8 Å². The van der Waals surface area contributed by atoms with Crippen LogP contribution in [0.4, 0.5) is 0 Å². The van der Waals surface area contributed by atoms with Crippen LogP contribution in [0.3, 0.4) is 0 Å². The van der Waals surface area contributed by atoms with Crippen LogP contribution in [0.2, 0.25) is 0 Å². The van der Waals surface area contributed by atoms with Gasteiger partial charge in [-0.2, -0.15) is 0 Å². The second kappa shape index (κ2) is 6.27. The predicted molar refractivity (Wildman–Crippen MR) is 66.1 cm³/mol. The number of carbonyl (C=O) groups is 1. The second-order valence-electron chi connectivity index (χ2n) is 5.60. The van der Waals surface area contributed by atoms with E-state index >= 15 is 0 Å². The molecule has 1 aliphatic rings. The molecule has 0 bridgehead atoms. The molecule has 0 aliphatic heterocycles. The summed E-state index contributed by atoms with van der Waals surface area (Å²) in [5.41, 5.74) is 0. The second-order valence-corrected chi connectivity index (χ2v) is 5.60. The third kappa shape index (κ3) is 3.80. The molecule has 3 atom stereocenters. The first-order valence-corrected chi connectivity index (χ1v) is 6.74. The fraction of sp³-hybridized carbons (Fsp3) is 0.929. The molecule has 0 N–H and O–H groups in total. The van der Waals surface area contributed by atoms with Crippen molar-refractivity contribution in [3.05, 3.63) is 0 Å². The van der Waals surface area contributed by atoms with Gasteiger partial charge in [0.1, 0.15) is 6.10 Å². The van der Waals surface area contributed by atoms with Gasteiger partial charge in [0.25, 0.3) is 0 Å². The molecule has 0 amide bonds. The van der Waals surface area contributed by atoms with Crippen molar-refractivity contribution in [3.8, 4) is 0 Å². The van der Waals surface area contributed by atoms with Crippen molar-refractivity contribution in [3.63, 3.8) is 0 Å². The van der Waals surface area contributed by atoms with Crippen LogP contribution in [0.25, 0.3) is 0 Å². The number of carbonyl (C=O) groups excluding carboxylic acids is 1. The average molecular weight is 226 g/mol. The van der Waals surface area contributed by atoms with E-state index in [-0.39, 0.29) is 12.1 Å².